The smallest absolute Gasteiger partial charge is 0.243 e. The van der Waals surface area contributed by atoms with Gasteiger partial charge in [-0.15, -0.1) is 0 Å². The second-order valence-corrected chi connectivity index (χ2v) is 10.9. The van der Waals surface area contributed by atoms with Gasteiger partial charge in [0.2, 0.25) is 12.7 Å². The van der Waals surface area contributed by atoms with E-state index in [1.807, 2.05) is 12.1 Å². The average Bonchev–Trinajstić information content (AvgIpc) is 3.53. The Morgan fingerprint density at radius 2 is 1.70 bits per heavy atom. The number of amides is 1. The topological polar surface area (TPSA) is 65.4 Å². The second-order valence-electron chi connectivity index (χ2n) is 10.9. The number of halogens is 1. The number of carbonyl (C=O) groups is 1. The van der Waals surface area contributed by atoms with Crippen molar-refractivity contribution in [3.8, 4) is 11.5 Å². The van der Waals surface area contributed by atoms with Gasteiger partial charge in [0, 0.05) is 12.5 Å². The Hall–Kier alpha value is -3.09. The Morgan fingerprint density at radius 3 is 2.51 bits per heavy atom. The molecule has 196 valence electrons. The normalized spacial score (nSPS) is 19.3. The summed E-state index contributed by atoms with van der Waals surface area (Å²) in [5, 5.41) is 3.40. The van der Waals surface area contributed by atoms with Crippen LogP contribution in [-0.2, 0) is 17.6 Å². The lowest BCUT2D eigenvalue weighted by Gasteiger charge is -2.33. The standard InChI is InChI=1S/C30H36FN3O3/c31-22-13-14-24-25(18-22)34(28(33-24)16-12-20-11-15-26-27(17-20)37-19-36-26)29(21-7-3-1-4-8-21)30(35)32-23-9-5-2-6-10-23/h11,13-15,17-18,21,23,29H,1-10,12,16,19H2,(H,32,35). The number of nitrogens with zero attached hydrogens (tertiary/aromatic N) is 2. The van der Waals surface area contributed by atoms with Gasteiger partial charge in [0.05, 0.1) is 11.0 Å². The van der Waals surface area contributed by atoms with Crippen LogP contribution in [0.1, 0.15) is 81.6 Å². The molecule has 1 N–H and O–H groups in total. The molecule has 0 bridgehead atoms. The van der Waals surface area contributed by atoms with Crippen molar-refractivity contribution < 1.29 is 18.7 Å². The van der Waals surface area contributed by atoms with E-state index in [0.29, 0.717) is 6.42 Å². The molecule has 37 heavy (non-hydrogen) atoms. The van der Waals surface area contributed by atoms with E-state index >= 15 is 0 Å². The minimum atomic E-state index is -0.374. The van der Waals surface area contributed by atoms with Gasteiger partial charge in [-0.25, -0.2) is 9.37 Å². The van der Waals surface area contributed by atoms with Gasteiger partial charge >= 0.3 is 0 Å². The predicted molar refractivity (Wildman–Crippen MR) is 140 cm³/mol. The Bertz CT molecular complexity index is 1260. The third-order valence-corrected chi connectivity index (χ3v) is 8.39. The van der Waals surface area contributed by atoms with Gasteiger partial charge in [-0.3, -0.25) is 4.79 Å². The van der Waals surface area contributed by atoms with Crippen molar-refractivity contribution in [2.45, 2.75) is 89.1 Å². The van der Waals surface area contributed by atoms with Crippen LogP contribution in [0.3, 0.4) is 0 Å². The number of aromatic nitrogens is 2. The van der Waals surface area contributed by atoms with Crippen molar-refractivity contribution >= 4 is 16.9 Å². The summed E-state index contributed by atoms with van der Waals surface area (Å²) in [7, 11) is 0. The third kappa shape index (κ3) is 5.18. The molecule has 2 heterocycles. The van der Waals surface area contributed by atoms with Crippen LogP contribution in [0.4, 0.5) is 4.39 Å². The van der Waals surface area contributed by atoms with Crippen LogP contribution in [0, 0.1) is 11.7 Å². The Morgan fingerprint density at radius 1 is 0.946 bits per heavy atom. The monoisotopic (exact) mass is 505 g/mol. The van der Waals surface area contributed by atoms with Crippen LogP contribution < -0.4 is 14.8 Å². The van der Waals surface area contributed by atoms with Gasteiger partial charge < -0.3 is 19.4 Å². The molecule has 1 aromatic heterocycles. The summed E-state index contributed by atoms with van der Waals surface area (Å²) in [6.45, 7) is 0.249. The maximum absolute atomic E-state index is 14.5. The highest BCUT2D eigenvalue weighted by molar-refractivity contribution is 5.85. The van der Waals surface area contributed by atoms with Crippen molar-refractivity contribution in [2.24, 2.45) is 5.92 Å². The number of imidazole rings is 1. The zero-order chi connectivity index (χ0) is 25.2. The van der Waals surface area contributed by atoms with Gasteiger partial charge in [-0.2, -0.15) is 0 Å². The van der Waals surface area contributed by atoms with Gasteiger partial charge in [0.25, 0.3) is 0 Å². The van der Waals surface area contributed by atoms with Crippen LogP contribution in [0.15, 0.2) is 36.4 Å². The SMILES string of the molecule is O=C(NC1CCCCC1)C(C1CCCCC1)n1c(CCc2ccc3c(c2)OCO3)nc2ccc(F)cc21. The molecule has 6 rings (SSSR count). The van der Waals surface area contributed by atoms with Crippen molar-refractivity contribution in [1.29, 1.82) is 0 Å². The molecule has 7 heteroatoms. The Balaban J connectivity index is 1.35. The quantitative estimate of drug-likeness (QED) is 0.412. The van der Waals surface area contributed by atoms with Crippen molar-refractivity contribution in [3.63, 3.8) is 0 Å². The first-order valence-electron chi connectivity index (χ1n) is 14.0. The van der Waals surface area contributed by atoms with Crippen LogP contribution in [0.5, 0.6) is 11.5 Å². The number of carbonyl (C=O) groups excluding carboxylic acids is 1. The molecule has 1 amide bonds. The van der Waals surface area contributed by atoms with Crippen LogP contribution in [0.25, 0.3) is 11.0 Å². The number of fused-ring (bicyclic) bond motifs is 2. The number of rotatable bonds is 7. The van der Waals surface area contributed by atoms with E-state index in [-0.39, 0.29) is 36.5 Å². The van der Waals surface area contributed by atoms with E-state index in [2.05, 4.69) is 16.0 Å². The molecule has 0 radical (unpaired) electrons. The summed E-state index contributed by atoms with van der Waals surface area (Å²) in [5.74, 6) is 2.37. The molecule has 6 nitrogen and oxygen atoms in total. The molecule has 3 aromatic rings. The molecular formula is C30H36FN3O3. The molecule has 0 spiro atoms. The van der Waals surface area contributed by atoms with Gasteiger partial charge in [0.1, 0.15) is 17.7 Å². The van der Waals surface area contributed by atoms with E-state index < -0.39 is 0 Å². The number of hydrogen-bond donors (Lipinski definition) is 1. The third-order valence-electron chi connectivity index (χ3n) is 8.39. The number of ether oxygens (including phenoxy) is 2. The van der Waals surface area contributed by atoms with E-state index in [1.165, 1.54) is 31.7 Å². The molecule has 2 saturated carbocycles. The number of aryl methyl sites for hydroxylation is 2. The first-order valence-corrected chi connectivity index (χ1v) is 14.0. The molecule has 2 aromatic carbocycles. The fraction of sp³-hybridized carbons (Fsp3) is 0.533. The first-order chi connectivity index (χ1) is 18.2. The molecule has 0 saturated heterocycles. The molecule has 2 aliphatic carbocycles. The lowest BCUT2D eigenvalue weighted by Crippen LogP contribution is -2.43. The van der Waals surface area contributed by atoms with Crippen LogP contribution >= 0.6 is 0 Å². The Kier molecular flexibility index (Phi) is 7.03. The molecular weight excluding hydrogens is 469 g/mol. The average molecular weight is 506 g/mol. The lowest BCUT2D eigenvalue weighted by atomic mass is 9.82. The van der Waals surface area contributed by atoms with E-state index in [4.69, 9.17) is 14.5 Å². The minimum Gasteiger partial charge on any atom is -0.454 e. The lowest BCUT2D eigenvalue weighted by molar-refractivity contribution is -0.127. The summed E-state index contributed by atoms with van der Waals surface area (Å²) in [4.78, 5) is 19.0. The van der Waals surface area contributed by atoms with Crippen molar-refractivity contribution in [1.82, 2.24) is 14.9 Å². The van der Waals surface area contributed by atoms with E-state index in [0.717, 1.165) is 78.9 Å². The van der Waals surface area contributed by atoms with Crippen LogP contribution in [0.2, 0.25) is 0 Å². The van der Waals surface area contributed by atoms with E-state index in [1.54, 1.807) is 12.1 Å². The van der Waals surface area contributed by atoms with Crippen molar-refractivity contribution in [3.05, 3.63) is 53.6 Å². The molecule has 1 unspecified atom stereocenters. The maximum atomic E-state index is 14.5. The van der Waals surface area contributed by atoms with Crippen molar-refractivity contribution in [2.75, 3.05) is 6.79 Å². The summed E-state index contributed by atoms with van der Waals surface area (Å²) in [6, 6.07) is 10.6. The summed E-state index contributed by atoms with van der Waals surface area (Å²) in [6.07, 6.45) is 12.5. The summed E-state index contributed by atoms with van der Waals surface area (Å²) in [5.41, 5.74) is 2.58. The molecule has 1 atom stereocenters. The van der Waals surface area contributed by atoms with Gasteiger partial charge in [-0.1, -0.05) is 44.6 Å². The highest BCUT2D eigenvalue weighted by Crippen LogP contribution is 2.37. The number of benzene rings is 2. The highest BCUT2D eigenvalue weighted by atomic mass is 19.1. The van der Waals surface area contributed by atoms with E-state index in [9.17, 15) is 9.18 Å². The summed E-state index contributed by atoms with van der Waals surface area (Å²) < 4.78 is 27.6. The Labute approximate surface area is 217 Å². The molecule has 1 aliphatic heterocycles. The number of hydrogen-bond acceptors (Lipinski definition) is 4. The second kappa shape index (κ2) is 10.7. The number of nitrogens with one attached hydrogen (secondary N) is 1. The zero-order valence-corrected chi connectivity index (χ0v) is 21.4. The van der Waals surface area contributed by atoms with Crippen LogP contribution in [-0.4, -0.2) is 28.3 Å². The summed E-state index contributed by atoms with van der Waals surface area (Å²) >= 11 is 0. The van der Waals surface area contributed by atoms with Gasteiger partial charge in [-0.05, 0) is 73.9 Å². The fourth-order valence-corrected chi connectivity index (χ4v) is 6.48. The largest absolute Gasteiger partial charge is 0.454 e. The first kappa shape index (κ1) is 24.3. The van der Waals surface area contributed by atoms with Gasteiger partial charge in [0.15, 0.2) is 11.5 Å². The maximum Gasteiger partial charge on any atom is 0.243 e. The predicted octanol–water partition coefficient (Wildman–Crippen LogP) is 6.26. The molecule has 3 aliphatic rings. The fourth-order valence-electron chi connectivity index (χ4n) is 6.48. The minimum absolute atomic E-state index is 0.0756. The molecule has 2 fully saturated rings. The zero-order valence-electron chi connectivity index (χ0n) is 21.4. The highest BCUT2D eigenvalue weighted by Gasteiger charge is 2.35.